The Hall–Kier alpha value is -2.67. The molecule has 1 amide bonds. The highest BCUT2D eigenvalue weighted by Gasteiger charge is 2.13. The van der Waals surface area contributed by atoms with E-state index >= 15 is 0 Å². The molecule has 1 unspecified atom stereocenters. The summed E-state index contributed by atoms with van der Waals surface area (Å²) in [4.78, 5) is 13.2. The molecule has 0 spiro atoms. The fourth-order valence-corrected chi connectivity index (χ4v) is 2.52. The van der Waals surface area contributed by atoms with Crippen LogP contribution in [0.3, 0.4) is 0 Å². The van der Waals surface area contributed by atoms with Crippen LogP contribution in [-0.4, -0.2) is 32.7 Å². The SMILES string of the molecule is CCOc1ccccc1NC(=O)C[NH+](C)Cc1ccc(OC(F)F)cc1. The number of carbonyl (C=O) groups excluding carboxylic acids is 1. The molecule has 2 N–H and O–H groups in total. The smallest absolute Gasteiger partial charge is 0.387 e. The molecule has 2 aromatic rings. The molecule has 2 rings (SSSR count). The number of halogens is 2. The fraction of sp³-hybridized carbons (Fsp3) is 0.316. The number of hydrogen-bond donors (Lipinski definition) is 2. The first-order valence-electron chi connectivity index (χ1n) is 8.34. The van der Waals surface area contributed by atoms with Gasteiger partial charge in [0.25, 0.3) is 5.91 Å². The molecule has 0 aliphatic rings. The monoisotopic (exact) mass is 365 g/mol. The van der Waals surface area contributed by atoms with Gasteiger partial charge in [0.15, 0.2) is 6.54 Å². The third-order valence-corrected chi connectivity index (χ3v) is 3.58. The topological polar surface area (TPSA) is 52.0 Å². The lowest BCUT2D eigenvalue weighted by Gasteiger charge is -2.15. The van der Waals surface area contributed by atoms with Gasteiger partial charge in [0.2, 0.25) is 0 Å². The van der Waals surface area contributed by atoms with E-state index in [0.717, 1.165) is 10.5 Å². The average Bonchev–Trinajstić information content (AvgIpc) is 2.58. The molecule has 0 aromatic heterocycles. The molecule has 26 heavy (non-hydrogen) atoms. The van der Waals surface area contributed by atoms with Crippen LogP contribution in [0, 0.1) is 0 Å². The number of amides is 1. The van der Waals surface area contributed by atoms with E-state index in [0.29, 0.717) is 24.6 Å². The zero-order chi connectivity index (χ0) is 18.9. The highest BCUT2D eigenvalue weighted by atomic mass is 19.3. The molecule has 2 aromatic carbocycles. The van der Waals surface area contributed by atoms with Crippen molar-refractivity contribution in [2.24, 2.45) is 0 Å². The lowest BCUT2D eigenvalue weighted by molar-refractivity contribution is -0.885. The quantitative estimate of drug-likeness (QED) is 0.717. The first-order valence-corrected chi connectivity index (χ1v) is 8.34. The summed E-state index contributed by atoms with van der Waals surface area (Å²) in [6, 6.07) is 13.7. The van der Waals surface area contributed by atoms with Crippen molar-refractivity contribution < 1.29 is 27.9 Å². The minimum atomic E-state index is -2.84. The van der Waals surface area contributed by atoms with Crippen LogP contribution in [-0.2, 0) is 11.3 Å². The number of hydrogen-bond acceptors (Lipinski definition) is 3. The van der Waals surface area contributed by atoms with Crippen molar-refractivity contribution in [3.63, 3.8) is 0 Å². The zero-order valence-electron chi connectivity index (χ0n) is 14.8. The van der Waals surface area contributed by atoms with Crippen LogP contribution in [0.5, 0.6) is 11.5 Å². The van der Waals surface area contributed by atoms with Crippen molar-refractivity contribution in [3.8, 4) is 11.5 Å². The number of benzene rings is 2. The number of rotatable bonds is 9. The summed E-state index contributed by atoms with van der Waals surface area (Å²) in [5.74, 6) is 0.620. The minimum Gasteiger partial charge on any atom is -0.492 e. The summed E-state index contributed by atoms with van der Waals surface area (Å²) in [5.41, 5.74) is 1.56. The van der Waals surface area contributed by atoms with Gasteiger partial charge in [-0.1, -0.05) is 12.1 Å². The van der Waals surface area contributed by atoms with Crippen molar-refractivity contribution in [3.05, 3.63) is 54.1 Å². The van der Waals surface area contributed by atoms with Crippen LogP contribution in [0.1, 0.15) is 12.5 Å². The molecule has 0 aliphatic carbocycles. The predicted octanol–water partition coefficient (Wildman–Crippen LogP) is 2.34. The van der Waals surface area contributed by atoms with Crippen LogP contribution in [0.15, 0.2) is 48.5 Å². The average molecular weight is 365 g/mol. The largest absolute Gasteiger partial charge is 0.492 e. The number of carbonyl (C=O) groups is 1. The van der Waals surface area contributed by atoms with E-state index in [1.54, 1.807) is 24.3 Å². The van der Waals surface area contributed by atoms with Gasteiger partial charge in [-0.2, -0.15) is 8.78 Å². The summed E-state index contributed by atoms with van der Waals surface area (Å²) in [6.45, 7) is 0.403. The first-order chi connectivity index (χ1) is 12.5. The van der Waals surface area contributed by atoms with E-state index < -0.39 is 6.61 Å². The standard InChI is InChI=1S/C19H22F2N2O3/c1-3-25-17-7-5-4-6-16(17)22-18(24)13-23(2)12-14-8-10-15(11-9-14)26-19(20)21/h4-11,19H,3,12-13H2,1-2H3,(H,22,24)/p+1. The molecular formula is C19H23F2N2O3+. The van der Waals surface area contributed by atoms with E-state index in [1.807, 2.05) is 26.1 Å². The Bertz CT molecular complexity index is 708. The fourth-order valence-electron chi connectivity index (χ4n) is 2.52. The van der Waals surface area contributed by atoms with Crippen molar-refractivity contribution in [2.45, 2.75) is 20.1 Å². The first kappa shape index (κ1) is 19.7. The number of nitrogens with one attached hydrogen (secondary N) is 2. The maximum atomic E-state index is 12.3. The van der Waals surface area contributed by atoms with Gasteiger partial charge >= 0.3 is 6.61 Å². The summed E-state index contributed by atoms with van der Waals surface area (Å²) in [7, 11) is 1.89. The predicted molar refractivity (Wildman–Crippen MR) is 94.8 cm³/mol. The third kappa shape index (κ3) is 6.33. The maximum Gasteiger partial charge on any atom is 0.387 e. The van der Waals surface area contributed by atoms with E-state index in [1.165, 1.54) is 12.1 Å². The Morgan fingerprint density at radius 3 is 2.50 bits per heavy atom. The zero-order valence-corrected chi connectivity index (χ0v) is 14.8. The number of quaternary nitrogens is 1. The lowest BCUT2D eigenvalue weighted by Crippen LogP contribution is -3.08. The van der Waals surface area contributed by atoms with Gasteiger partial charge in [-0.3, -0.25) is 4.79 Å². The second-order valence-electron chi connectivity index (χ2n) is 5.81. The van der Waals surface area contributed by atoms with Crippen LogP contribution < -0.4 is 19.7 Å². The summed E-state index contributed by atoms with van der Waals surface area (Å²) in [6.07, 6.45) is 0. The second-order valence-corrected chi connectivity index (χ2v) is 5.81. The van der Waals surface area contributed by atoms with Crippen LogP contribution in [0.2, 0.25) is 0 Å². The Balaban J connectivity index is 1.87. The number of para-hydroxylation sites is 2. The van der Waals surface area contributed by atoms with E-state index in [2.05, 4.69) is 10.1 Å². The number of ether oxygens (including phenoxy) is 2. The van der Waals surface area contributed by atoms with Crippen molar-refractivity contribution >= 4 is 11.6 Å². The molecule has 5 nitrogen and oxygen atoms in total. The van der Waals surface area contributed by atoms with Crippen molar-refractivity contribution in [1.29, 1.82) is 0 Å². The van der Waals surface area contributed by atoms with Gasteiger partial charge in [0.1, 0.15) is 18.0 Å². The van der Waals surface area contributed by atoms with Gasteiger partial charge in [-0.25, -0.2) is 0 Å². The molecule has 0 radical (unpaired) electrons. The van der Waals surface area contributed by atoms with Gasteiger partial charge in [0.05, 0.1) is 19.3 Å². The van der Waals surface area contributed by atoms with Crippen molar-refractivity contribution in [2.75, 3.05) is 25.5 Å². The Morgan fingerprint density at radius 2 is 1.85 bits per heavy atom. The van der Waals surface area contributed by atoms with Crippen LogP contribution in [0.25, 0.3) is 0 Å². The Kier molecular flexibility index (Phi) is 7.35. The van der Waals surface area contributed by atoms with Gasteiger partial charge in [-0.05, 0) is 43.3 Å². The maximum absolute atomic E-state index is 12.3. The molecule has 1 atom stereocenters. The van der Waals surface area contributed by atoms with E-state index in [-0.39, 0.29) is 18.2 Å². The molecule has 0 aliphatic heterocycles. The van der Waals surface area contributed by atoms with E-state index in [4.69, 9.17) is 4.74 Å². The van der Waals surface area contributed by atoms with E-state index in [9.17, 15) is 13.6 Å². The third-order valence-electron chi connectivity index (χ3n) is 3.58. The molecule has 140 valence electrons. The molecule has 0 fully saturated rings. The molecular weight excluding hydrogens is 342 g/mol. The number of likely N-dealkylation sites (N-methyl/N-ethyl adjacent to an activating group) is 1. The van der Waals surface area contributed by atoms with Gasteiger partial charge in [-0.15, -0.1) is 0 Å². The minimum absolute atomic E-state index is 0.117. The Labute approximate surface area is 151 Å². The number of anilines is 1. The molecule has 0 saturated heterocycles. The van der Waals surface area contributed by atoms with Crippen LogP contribution >= 0.6 is 0 Å². The second kappa shape index (κ2) is 9.72. The Morgan fingerprint density at radius 1 is 1.15 bits per heavy atom. The van der Waals surface area contributed by atoms with Gasteiger partial charge in [0, 0.05) is 5.56 Å². The lowest BCUT2D eigenvalue weighted by atomic mass is 10.2. The molecule has 0 heterocycles. The summed E-state index contributed by atoms with van der Waals surface area (Å²) >= 11 is 0. The highest BCUT2D eigenvalue weighted by molar-refractivity contribution is 5.92. The summed E-state index contributed by atoms with van der Waals surface area (Å²) < 4.78 is 34.1. The highest BCUT2D eigenvalue weighted by Crippen LogP contribution is 2.23. The van der Waals surface area contributed by atoms with Crippen molar-refractivity contribution in [1.82, 2.24) is 0 Å². The summed E-state index contributed by atoms with van der Waals surface area (Å²) in [5, 5.41) is 2.85. The molecule has 0 saturated carbocycles. The van der Waals surface area contributed by atoms with Crippen LogP contribution in [0.4, 0.5) is 14.5 Å². The molecule has 7 heteroatoms. The molecule has 0 bridgehead atoms. The number of alkyl halides is 2. The van der Waals surface area contributed by atoms with Gasteiger partial charge < -0.3 is 19.7 Å². The normalized spacial score (nSPS) is 11.9.